The van der Waals surface area contributed by atoms with Crippen molar-refractivity contribution in [2.24, 2.45) is 0 Å². The van der Waals surface area contributed by atoms with E-state index in [0.717, 1.165) is 0 Å². The van der Waals surface area contributed by atoms with Crippen molar-refractivity contribution < 1.29 is 13.6 Å². The normalized spacial score (nSPS) is 12.5. The van der Waals surface area contributed by atoms with Gasteiger partial charge in [-0.15, -0.1) is 0 Å². The van der Waals surface area contributed by atoms with Crippen LogP contribution in [-0.4, -0.2) is 26.2 Å². The molecular formula is C11H24O3Si. The monoisotopic (exact) mass is 232 g/mol. The van der Waals surface area contributed by atoms with Crippen LogP contribution in [0, 0.1) is 0 Å². The first kappa shape index (κ1) is 14.8. The van der Waals surface area contributed by atoms with Gasteiger partial charge in [-0.05, 0) is 33.7 Å². The van der Waals surface area contributed by atoms with Crippen molar-refractivity contribution in [2.75, 3.05) is 0 Å². The van der Waals surface area contributed by atoms with Crippen LogP contribution in [0.1, 0.15) is 48.0 Å². The molecule has 0 radical (unpaired) electrons. The molecule has 0 bridgehead atoms. The summed E-state index contributed by atoms with van der Waals surface area (Å²) in [6, 6.07) is 0.691. The average molecular weight is 232 g/mol. The maximum Gasteiger partial charge on any atom is 0.410 e. The summed E-state index contributed by atoms with van der Waals surface area (Å²) in [5.74, 6) is 0. The van der Waals surface area contributed by atoms with E-state index in [1.165, 1.54) is 0 Å². The summed E-state index contributed by atoms with van der Waals surface area (Å²) in [6.07, 6.45) is 0.594. The minimum atomic E-state index is -2.64. The van der Waals surface area contributed by atoms with Gasteiger partial charge in [0.1, 0.15) is 0 Å². The van der Waals surface area contributed by atoms with Crippen LogP contribution in [-0.2, 0) is 13.6 Å². The second-order valence-corrected chi connectivity index (χ2v) is 7.46. The molecule has 0 rings (SSSR count). The zero-order valence-corrected chi connectivity index (χ0v) is 11.8. The zero-order valence-electron chi connectivity index (χ0n) is 10.8. The van der Waals surface area contributed by atoms with Gasteiger partial charge in [0, 0.05) is 18.6 Å². The largest absolute Gasteiger partial charge is 0.410 e. The lowest BCUT2D eigenvalue weighted by Gasteiger charge is -2.31. The van der Waals surface area contributed by atoms with Crippen molar-refractivity contribution >= 4 is 14.0 Å². The van der Waals surface area contributed by atoms with Crippen LogP contribution in [0.25, 0.3) is 0 Å². The number of rotatable bonds is 7. The van der Waals surface area contributed by atoms with Gasteiger partial charge >= 0.3 is 8.56 Å². The average Bonchev–Trinajstić information content (AvgIpc) is 2.13. The summed E-state index contributed by atoms with van der Waals surface area (Å²) in [7, 11) is -2.64. The third-order valence-electron chi connectivity index (χ3n) is 2.06. The Morgan fingerprint density at radius 3 is 1.67 bits per heavy atom. The van der Waals surface area contributed by atoms with Gasteiger partial charge in [0.05, 0.1) is 0 Å². The van der Waals surface area contributed by atoms with E-state index in [1.807, 2.05) is 41.5 Å². The molecule has 4 heteroatoms. The molecular weight excluding hydrogens is 208 g/mol. The molecule has 0 saturated carbocycles. The van der Waals surface area contributed by atoms with Crippen LogP contribution in [0.5, 0.6) is 0 Å². The highest BCUT2D eigenvalue weighted by atomic mass is 28.4. The Kier molecular flexibility index (Phi) is 6.32. The third-order valence-corrected chi connectivity index (χ3v) is 5.90. The van der Waals surface area contributed by atoms with Gasteiger partial charge in [0.2, 0.25) is 0 Å². The first-order valence-corrected chi connectivity index (χ1v) is 7.79. The van der Waals surface area contributed by atoms with E-state index in [0.29, 0.717) is 12.5 Å². The van der Waals surface area contributed by atoms with Crippen molar-refractivity contribution in [3.05, 3.63) is 0 Å². The van der Waals surface area contributed by atoms with Crippen molar-refractivity contribution in [1.29, 1.82) is 0 Å². The van der Waals surface area contributed by atoms with Crippen LogP contribution in [0.3, 0.4) is 0 Å². The van der Waals surface area contributed by atoms with Gasteiger partial charge in [0.25, 0.3) is 0 Å². The molecule has 15 heavy (non-hydrogen) atoms. The Bertz CT molecular complexity index is 192. The van der Waals surface area contributed by atoms with Crippen LogP contribution >= 0.6 is 0 Å². The Hall–Kier alpha value is -0.193. The smallest absolute Gasteiger partial charge is 0.387 e. The lowest BCUT2D eigenvalue weighted by molar-refractivity contribution is -0.116. The Morgan fingerprint density at radius 2 is 1.47 bits per heavy atom. The quantitative estimate of drug-likeness (QED) is 0.633. The Balaban J connectivity index is 4.83. The van der Waals surface area contributed by atoms with Gasteiger partial charge in [-0.2, -0.15) is 0 Å². The minimum absolute atomic E-state index is 0.0471. The summed E-state index contributed by atoms with van der Waals surface area (Å²) < 4.78 is 11.6. The number of hydrogen-bond donors (Lipinski definition) is 0. The molecule has 0 amide bonds. The van der Waals surface area contributed by atoms with Crippen molar-refractivity contribution in [2.45, 2.75) is 66.2 Å². The molecule has 3 nitrogen and oxygen atoms in total. The number of carbonyl (C=O) groups is 1. The van der Waals surface area contributed by atoms with Crippen LogP contribution < -0.4 is 0 Å². The van der Waals surface area contributed by atoms with E-state index < -0.39 is 8.56 Å². The molecule has 0 aliphatic rings. The maximum absolute atomic E-state index is 11.9. The molecule has 0 N–H and O–H groups in total. The topological polar surface area (TPSA) is 35.5 Å². The standard InChI is InChI=1S/C11H24O3Si/c1-7-11(12)15(8-2,13-9(3)4)14-10(5)6/h9-10H,7-8H2,1-6H3. The molecule has 0 aliphatic heterocycles. The van der Waals surface area contributed by atoms with Crippen LogP contribution in [0.4, 0.5) is 0 Å². The SMILES string of the molecule is CCC(=O)[Si](CC)(OC(C)C)OC(C)C. The van der Waals surface area contributed by atoms with E-state index in [9.17, 15) is 4.79 Å². The Morgan fingerprint density at radius 1 is 1.07 bits per heavy atom. The molecule has 0 unspecified atom stereocenters. The highest BCUT2D eigenvalue weighted by molar-refractivity contribution is 6.97. The van der Waals surface area contributed by atoms with Gasteiger partial charge in [-0.3, -0.25) is 4.79 Å². The first-order chi connectivity index (χ1) is 6.88. The third kappa shape index (κ3) is 4.45. The fourth-order valence-corrected chi connectivity index (χ4v) is 4.66. The molecule has 0 aromatic carbocycles. The highest BCUT2D eigenvalue weighted by Gasteiger charge is 2.44. The highest BCUT2D eigenvalue weighted by Crippen LogP contribution is 2.20. The van der Waals surface area contributed by atoms with Gasteiger partial charge in [-0.1, -0.05) is 13.8 Å². The lowest BCUT2D eigenvalue weighted by atomic mass is 10.5. The van der Waals surface area contributed by atoms with E-state index in [1.54, 1.807) is 0 Å². The van der Waals surface area contributed by atoms with E-state index in [-0.39, 0.29) is 17.6 Å². The fraction of sp³-hybridized carbons (Fsp3) is 0.909. The van der Waals surface area contributed by atoms with Gasteiger partial charge < -0.3 is 8.85 Å². The maximum atomic E-state index is 11.9. The predicted octanol–water partition coefficient (Wildman–Crippen LogP) is 2.82. The molecule has 0 aromatic rings. The Labute approximate surface area is 94.4 Å². The zero-order chi connectivity index (χ0) is 12.1. The van der Waals surface area contributed by atoms with Crippen molar-refractivity contribution in [3.63, 3.8) is 0 Å². The molecule has 0 saturated heterocycles. The molecule has 0 spiro atoms. The number of hydrogen-bond acceptors (Lipinski definition) is 3. The minimum Gasteiger partial charge on any atom is -0.387 e. The molecule has 0 aliphatic carbocycles. The van der Waals surface area contributed by atoms with E-state index in [4.69, 9.17) is 8.85 Å². The summed E-state index contributed by atoms with van der Waals surface area (Å²) in [5, 5.41) is 0.160. The van der Waals surface area contributed by atoms with E-state index in [2.05, 4.69) is 0 Å². The summed E-state index contributed by atoms with van der Waals surface area (Å²) in [6.45, 7) is 11.6. The summed E-state index contributed by atoms with van der Waals surface area (Å²) in [4.78, 5) is 11.9. The van der Waals surface area contributed by atoms with Crippen LogP contribution in [0.2, 0.25) is 6.04 Å². The van der Waals surface area contributed by atoms with Gasteiger partial charge in [0.15, 0.2) is 5.41 Å². The second kappa shape index (κ2) is 6.40. The predicted molar refractivity (Wildman–Crippen MR) is 64.0 cm³/mol. The van der Waals surface area contributed by atoms with Crippen molar-refractivity contribution in [3.8, 4) is 0 Å². The first-order valence-electron chi connectivity index (χ1n) is 5.76. The lowest BCUT2D eigenvalue weighted by Crippen LogP contribution is -2.52. The molecule has 0 aromatic heterocycles. The molecule has 0 atom stereocenters. The second-order valence-electron chi connectivity index (χ2n) is 4.22. The molecule has 90 valence electrons. The van der Waals surface area contributed by atoms with Crippen LogP contribution in [0.15, 0.2) is 0 Å². The summed E-state index contributed by atoms with van der Waals surface area (Å²) >= 11 is 0. The van der Waals surface area contributed by atoms with Crippen molar-refractivity contribution in [1.82, 2.24) is 0 Å². The number of carbonyl (C=O) groups excluding carboxylic acids is 1. The van der Waals surface area contributed by atoms with Gasteiger partial charge in [-0.25, -0.2) is 0 Å². The molecule has 0 fully saturated rings. The summed E-state index contributed by atoms with van der Waals surface area (Å²) in [5.41, 5.74) is 0. The fourth-order valence-electron chi connectivity index (χ4n) is 1.55. The molecule has 0 heterocycles. The van der Waals surface area contributed by atoms with E-state index >= 15 is 0 Å².